The van der Waals surface area contributed by atoms with Crippen LogP contribution in [0.25, 0.3) is 0 Å². The Bertz CT molecular complexity index is 311. The van der Waals surface area contributed by atoms with Crippen molar-refractivity contribution in [2.75, 3.05) is 39.3 Å². The summed E-state index contributed by atoms with van der Waals surface area (Å²) in [6.07, 6.45) is 3.00. The van der Waals surface area contributed by atoms with E-state index in [1.807, 2.05) is 4.90 Å². The number of hydrogen-bond donors (Lipinski definition) is 2. The minimum absolute atomic E-state index is 0.157. The van der Waals surface area contributed by atoms with E-state index in [9.17, 15) is 9.90 Å². The minimum Gasteiger partial charge on any atom is -0.392 e. The molecular weight excluding hydrogens is 230 g/mol. The van der Waals surface area contributed by atoms with Gasteiger partial charge in [0.15, 0.2) is 0 Å². The van der Waals surface area contributed by atoms with E-state index in [-0.39, 0.29) is 18.1 Å². The van der Waals surface area contributed by atoms with E-state index in [1.54, 1.807) is 0 Å². The number of hydrogen-bond acceptors (Lipinski definition) is 4. The number of β-amino-alcohol motifs (C(OH)–C–C–N with tert-alkyl or cyclic N) is 1. The summed E-state index contributed by atoms with van der Waals surface area (Å²) < 4.78 is 0. The zero-order valence-electron chi connectivity index (χ0n) is 10.8. The monoisotopic (exact) mass is 253 g/mol. The van der Waals surface area contributed by atoms with Crippen molar-refractivity contribution >= 4 is 5.91 Å². The van der Waals surface area contributed by atoms with E-state index >= 15 is 0 Å². The third kappa shape index (κ3) is 2.84. The highest BCUT2D eigenvalue weighted by atomic mass is 16.3. The van der Waals surface area contributed by atoms with Crippen LogP contribution < -0.4 is 5.32 Å². The molecule has 18 heavy (non-hydrogen) atoms. The molecule has 2 N–H and O–H groups in total. The average molecular weight is 253 g/mol. The minimum atomic E-state index is -0.352. The molecule has 102 valence electrons. The van der Waals surface area contributed by atoms with E-state index < -0.39 is 0 Å². The summed E-state index contributed by atoms with van der Waals surface area (Å²) in [6, 6.07) is -0.157. The third-order valence-corrected chi connectivity index (χ3v) is 4.30. The number of nitrogens with one attached hydrogen (secondary N) is 1. The van der Waals surface area contributed by atoms with E-state index in [4.69, 9.17) is 0 Å². The van der Waals surface area contributed by atoms with Crippen LogP contribution in [0.3, 0.4) is 0 Å². The summed E-state index contributed by atoms with van der Waals surface area (Å²) >= 11 is 0. The highest BCUT2D eigenvalue weighted by Gasteiger charge is 2.33. The molecule has 2 aliphatic heterocycles. The third-order valence-electron chi connectivity index (χ3n) is 4.30. The smallest absolute Gasteiger partial charge is 0.239 e. The maximum atomic E-state index is 12.2. The second-order valence-corrected chi connectivity index (χ2v) is 5.92. The lowest BCUT2D eigenvalue weighted by atomic mass is 10.1. The molecule has 5 heteroatoms. The van der Waals surface area contributed by atoms with Crippen molar-refractivity contribution < 1.29 is 9.90 Å². The van der Waals surface area contributed by atoms with Crippen LogP contribution in [0.2, 0.25) is 0 Å². The van der Waals surface area contributed by atoms with Crippen LogP contribution in [-0.2, 0) is 4.79 Å². The standard InChI is InChI=1S/C13H23N3O2/c17-11-7-12(14-8-11)13(18)16-5-3-15(4-6-16)9-10-1-2-10/h10-12,14,17H,1-9H2/t11-,12+/m1/s1. The van der Waals surface area contributed by atoms with E-state index in [0.29, 0.717) is 13.0 Å². The zero-order chi connectivity index (χ0) is 12.5. The van der Waals surface area contributed by atoms with Gasteiger partial charge in [-0.15, -0.1) is 0 Å². The molecule has 2 atom stereocenters. The molecule has 3 fully saturated rings. The van der Waals surface area contributed by atoms with Gasteiger partial charge in [-0.2, -0.15) is 0 Å². The summed E-state index contributed by atoms with van der Waals surface area (Å²) in [4.78, 5) is 16.7. The van der Waals surface area contributed by atoms with Gasteiger partial charge >= 0.3 is 0 Å². The van der Waals surface area contributed by atoms with Crippen LogP contribution in [0.15, 0.2) is 0 Å². The Balaban J connectivity index is 1.45. The van der Waals surface area contributed by atoms with Gasteiger partial charge in [0.1, 0.15) is 0 Å². The van der Waals surface area contributed by atoms with E-state index in [2.05, 4.69) is 10.2 Å². The van der Waals surface area contributed by atoms with Crippen molar-refractivity contribution in [1.82, 2.24) is 15.1 Å². The molecule has 5 nitrogen and oxygen atoms in total. The number of amides is 1. The largest absolute Gasteiger partial charge is 0.392 e. The highest BCUT2D eigenvalue weighted by Crippen LogP contribution is 2.29. The van der Waals surface area contributed by atoms with Gasteiger partial charge in [0.25, 0.3) is 0 Å². The van der Waals surface area contributed by atoms with Crippen LogP contribution in [-0.4, -0.2) is 72.2 Å². The SMILES string of the molecule is O=C([C@@H]1C[C@@H](O)CN1)N1CCN(CC2CC2)CC1. The Morgan fingerprint density at radius 1 is 1.22 bits per heavy atom. The Labute approximate surface area is 108 Å². The molecule has 0 unspecified atom stereocenters. The van der Waals surface area contributed by atoms with Crippen molar-refractivity contribution in [1.29, 1.82) is 0 Å². The molecule has 2 heterocycles. The molecule has 2 saturated heterocycles. The first-order valence-corrected chi connectivity index (χ1v) is 7.15. The van der Waals surface area contributed by atoms with Crippen LogP contribution in [0.4, 0.5) is 0 Å². The normalized spacial score (nSPS) is 33.9. The van der Waals surface area contributed by atoms with Crippen molar-refractivity contribution in [2.24, 2.45) is 5.92 Å². The maximum Gasteiger partial charge on any atom is 0.239 e. The number of carbonyl (C=O) groups excluding carboxylic acids is 1. The molecule has 0 spiro atoms. The fourth-order valence-corrected chi connectivity index (χ4v) is 2.94. The molecule has 1 saturated carbocycles. The van der Waals surface area contributed by atoms with Gasteiger partial charge in [-0.1, -0.05) is 0 Å². The molecule has 0 aromatic heterocycles. The van der Waals surface area contributed by atoms with Crippen LogP contribution in [0, 0.1) is 5.92 Å². The van der Waals surface area contributed by atoms with Gasteiger partial charge in [-0.25, -0.2) is 0 Å². The second-order valence-electron chi connectivity index (χ2n) is 5.92. The van der Waals surface area contributed by atoms with Crippen LogP contribution in [0.1, 0.15) is 19.3 Å². The van der Waals surface area contributed by atoms with Gasteiger partial charge < -0.3 is 15.3 Å². The van der Waals surface area contributed by atoms with E-state index in [0.717, 1.165) is 32.1 Å². The Kier molecular flexibility index (Phi) is 3.54. The number of rotatable bonds is 3. The number of piperazine rings is 1. The quantitative estimate of drug-likeness (QED) is 0.696. The van der Waals surface area contributed by atoms with Crippen molar-refractivity contribution in [3.8, 4) is 0 Å². The zero-order valence-corrected chi connectivity index (χ0v) is 10.8. The highest BCUT2D eigenvalue weighted by molar-refractivity contribution is 5.82. The van der Waals surface area contributed by atoms with Gasteiger partial charge in [0.2, 0.25) is 5.91 Å². The number of carbonyl (C=O) groups is 1. The molecule has 0 bridgehead atoms. The predicted molar refractivity (Wildman–Crippen MR) is 68.2 cm³/mol. The topological polar surface area (TPSA) is 55.8 Å². The number of aliphatic hydroxyl groups excluding tert-OH is 1. The summed E-state index contributed by atoms with van der Waals surface area (Å²) in [7, 11) is 0. The predicted octanol–water partition coefficient (Wildman–Crippen LogP) is -0.737. The van der Waals surface area contributed by atoms with Crippen molar-refractivity contribution in [3.63, 3.8) is 0 Å². The second kappa shape index (κ2) is 5.15. The Morgan fingerprint density at radius 2 is 1.94 bits per heavy atom. The van der Waals surface area contributed by atoms with Gasteiger partial charge in [0.05, 0.1) is 12.1 Å². The molecular formula is C13H23N3O2. The first kappa shape index (κ1) is 12.4. The summed E-state index contributed by atoms with van der Waals surface area (Å²) in [5.41, 5.74) is 0. The molecule has 0 aromatic carbocycles. The first-order valence-electron chi connectivity index (χ1n) is 7.15. The summed E-state index contributed by atoms with van der Waals surface area (Å²) in [5.74, 6) is 1.11. The Morgan fingerprint density at radius 3 is 2.50 bits per heavy atom. The lowest BCUT2D eigenvalue weighted by molar-refractivity contribution is -0.135. The summed E-state index contributed by atoms with van der Waals surface area (Å²) in [5, 5.41) is 12.6. The van der Waals surface area contributed by atoms with Crippen LogP contribution in [0.5, 0.6) is 0 Å². The molecule has 1 aliphatic carbocycles. The van der Waals surface area contributed by atoms with Gasteiger partial charge in [-0.05, 0) is 25.2 Å². The van der Waals surface area contributed by atoms with Crippen LogP contribution >= 0.6 is 0 Å². The summed E-state index contributed by atoms with van der Waals surface area (Å²) in [6.45, 7) is 5.50. The Hall–Kier alpha value is -0.650. The molecule has 3 aliphatic rings. The fourth-order valence-electron chi connectivity index (χ4n) is 2.94. The number of aliphatic hydroxyl groups is 1. The fraction of sp³-hybridized carbons (Fsp3) is 0.923. The average Bonchev–Trinajstić information content (AvgIpc) is 3.09. The molecule has 1 amide bonds. The van der Waals surface area contributed by atoms with Gasteiger partial charge in [0, 0.05) is 39.3 Å². The first-order chi connectivity index (χ1) is 8.72. The lowest BCUT2D eigenvalue weighted by Gasteiger charge is -2.36. The van der Waals surface area contributed by atoms with Crippen molar-refractivity contribution in [3.05, 3.63) is 0 Å². The maximum absolute atomic E-state index is 12.2. The lowest BCUT2D eigenvalue weighted by Crippen LogP contribution is -2.53. The molecule has 3 rings (SSSR count). The molecule has 0 radical (unpaired) electrons. The van der Waals surface area contributed by atoms with E-state index in [1.165, 1.54) is 19.4 Å². The molecule has 0 aromatic rings. The van der Waals surface area contributed by atoms with Gasteiger partial charge in [-0.3, -0.25) is 9.69 Å². The van der Waals surface area contributed by atoms with Crippen molar-refractivity contribution in [2.45, 2.75) is 31.4 Å². The number of nitrogens with zero attached hydrogens (tertiary/aromatic N) is 2.